The molecule has 0 unspecified atom stereocenters. The normalized spacial score (nSPS) is 18.8. The molecule has 25 heavy (non-hydrogen) atoms. The molecule has 0 bridgehead atoms. The lowest BCUT2D eigenvalue weighted by Crippen LogP contribution is -2.24. The SMILES string of the molecule is O[C@@H](COC[C@@H]1CC=CCC1)Cn1c2ccccc2c2ccccc21. The first kappa shape index (κ1) is 16.4. The van der Waals surface area contributed by atoms with E-state index < -0.39 is 6.10 Å². The molecule has 1 N–H and O–H groups in total. The number of fused-ring (bicyclic) bond motifs is 3. The fourth-order valence-electron chi connectivity index (χ4n) is 3.84. The largest absolute Gasteiger partial charge is 0.389 e. The maximum Gasteiger partial charge on any atom is 0.0952 e. The van der Waals surface area contributed by atoms with Crippen LogP contribution in [0.4, 0.5) is 0 Å². The Morgan fingerprint density at radius 1 is 1.00 bits per heavy atom. The van der Waals surface area contributed by atoms with Crippen molar-refractivity contribution < 1.29 is 9.84 Å². The summed E-state index contributed by atoms with van der Waals surface area (Å²) in [7, 11) is 0. The van der Waals surface area contributed by atoms with Gasteiger partial charge in [0.2, 0.25) is 0 Å². The van der Waals surface area contributed by atoms with Gasteiger partial charge in [-0.2, -0.15) is 0 Å². The van der Waals surface area contributed by atoms with Gasteiger partial charge in [0.15, 0.2) is 0 Å². The van der Waals surface area contributed by atoms with Gasteiger partial charge < -0.3 is 14.4 Å². The van der Waals surface area contributed by atoms with Crippen LogP contribution in [-0.2, 0) is 11.3 Å². The maximum absolute atomic E-state index is 10.5. The molecule has 1 aliphatic carbocycles. The Balaban J connectivity index is 1.46. The quantitative estimate of drug-likeness (QED) is 0.672. The Bertz CT molecular complexity index is 827. The van der Waals surface area contributed by atoms with Crippen LogP contribution in [0.5, 0.6) is 0 Å². The molecule has 1 aromatic heterocycles. The zero-order valence-corrected chi connectivity index (χ0v) is 14.5. The lowest BCUT2D eigenvalue weighted by molar-refractivity contribution is 0.0136. The molecule has 0 spiro atoms. The summed E-state index contributed by atoms with van der Waals surface area (Å²) in [6.45, 7) is 1.69. The van der Waals surface area contributed by atoms with E-state index in [9.17, 15) is 5.11 Å². The van der Waals surface area contributed by atoms with Crippen molar-refractivity contribution in [1.29, 1.82) is 0 Å². The molecule has 4 rings (SSSR count). The first-order chi connectivity index (χ1) is 12.3. The van der Waals surface area contributed by atoms with E-state index in [2.05, 4.69) is 65.3 Å². The van der Waals surface area contributed by atoms with Crippen LogP contribution in [-0.4, -0.2) is 29.0 Å². The van der Waals surface area contributed by atoms with Gasteiger partial charge in [-0.15, -0.1) is 0 Å². The lowest BCUT2D eigenvalue weighted by Gasteiger charge is -2.19. The Hall–Kier alpha value is -2.10. The van der Waals surface area contributed by atoms with E-state index in [1.165, 1.54) is 28.2 Å². The highest BCUT2D eigenvalue weighted by atomic mass is 16.5. The topological polar surface area (TPSA) is 34.4 Å². The third kappa shape index (κ3) is 3.48. The van der Waals surface area contributed by atoms with Gasteiger partial charge in [0.05, 0.1) is 19.3 Å². The zero-order valence-electron chi connectivity index (χ0n) is 14.5. The number of aromatic nitrogens is 1. The van der Waals surface area contributed by atoms with Crippen molar-refractivity contribution in [2.24, 2.45) is 5.92 Å². The van der Waals surface area contributed by atoms with Crippen molar-refractivity contribution >= 4 is 21.8 Å². The highest BCUT2D eigenvalue weighted by molar-refractivity contribution is 6.07. The van der Waals surface area contributed by atoms with Crippen molar-refractivity contribution in [2.45, 2.75) is 31.9 Å². The summed E-state index contributed by atoms with van der Waals surface area (Å²) in [4.78, 5) is 0. The Morgan fingerprint density at radius 2 is 1.68 bits per heavy atom. The van der Waals surface area contributed by atoms with E-state index in [0.29, 0.717) is 19.1 Å². The fourth-order valence-corrected chi connectivity index (χ4v) is 3.84. The molecule has 3 heteroatoms. The Labute approximate surface area is 148 Å². The number of nitrogens with zero attached hydrogens (tertiary/aromatic N) is 1. The van der Waals surface area contributed by atoms with Crippen LogP contribution >= 0.6 is 0 Å². The summed E-state index contributed by atoms with van der Waals surface area (Å²) in [5, 5.41) is 13.0. The van der Waals surface area contributed by atoms with Gasteiger partial charge in [-0.05, 0) is 37.3 Å². The van der Waals surface area contributed by atoms with Crippen LogP contribution in [0.15, 0.2) is 60.7 Å². The monoisotopic (exact) mass is 335 g/mol. The van der Waals surface area contributed by atoms with Gasteiger partial charge >= 0.3 is 0 Å². The molecular formula is C22H25NO2. The van der Waals surface area contributed by atoms with Crippen molar-refractivity contribution in [3.05, 3.63) is 60.7 Å². The van der Waals surface area contributed by atoms with Crippen LogP contribution in [0.25, 0.3) is 21.8 Å². The van der Waals surface area contributed by atoms with Crippen molar-refractivity contribution in [1.82, 2.24) is 4.57 Å². The van der Waals surface area contributed by atoms with Crippen LogP contribution in [0, 0.1) is 5.92 Å². The van der Waals surface area contributed by atoms with Crippen molar-refractivity contribution in [3.63, 3.8) is 0 Å². The van der Waals surface area contributed by atoms with E-state index in [1.54, 1.807) is 0 Å². The number of hydrogen-bond donors (Lipinski definition) is 1. The number of benzene rings is 2. The van der Waals surface area contributed by atoms with Gasteiger partial charge in [-0.1, -0.05) is 48.6 Å². The second-order valence-corrected chi connectivity index (χ2v) is 6.99. The predicted molar refractivity (Wildman–Crippen MR) is 103 cm³/mol. The smallest absolute Gasteiger partial charge is 0.0952 e. The molecule has 2 atom stereocenters. The number of rotatable bonds is 6. The molecule has 0 radical (unpaired) electrons. The van der Waals surface area contributed by atoms with Crippen LogP contribution in [0.1, 0.15) is 19.3 Å². The number of aliphatic hydroxyl groups is 1. The number of ether oxygens (including phenoxy) is 1. The summed E-state index contributed by atoms with van der Waals surface area (Å²) in [5.74, 6) is 0.602. The van der Waals surface area contributed by atoms with Crippen LogP contribution in [0.3, 0.4) is 0 Å². The number of hydrogen-bond acceptors (Lipinski definition) is 2. The molecule has 130 valence electrons. The van der Waals surface area contributed by atoms with Crippen molar-refractivity contribution in [3.8, 4) is 0 Å². The van der Waals surface area contributed by atoms with Gasteiger partial charge in [-0.3, -0.25) is 0 Å². The Morgan fingerprint density at radius 3 is 2.32 bits per heavy atom. The molecule has 0 fully saturated rings. The second kappa shape index (κ2) is 7.42. The summed E-state index contributed by atoms with van der Waals surface area (Å²) < 4.78 is 8.02. The molecular weight excluding hydrogens is 310 g/mol. The first-order valence-electron chi connectivity index (χ1n) is 9.19. The van der Waals surface area contributed by atoms with E-state index in [4.69, 9.17) is 4.74 Å². The molecule has 1 heterocycles. The number of allylic oxidation sites excluding steroid dienone is 2. The standard InChI is InChI=1S/C22H25NO2/c24-18(16-25-15-17-8-2-1-3-9-17)14-23-21-12-6-4-10-19(21)20-11-5-7-13-22(20)23/h1-2,4-7,10-13,17-18,24H,3,8-9,14-16H2/t17-,18-/m1/s1. The predicted octanol–water partition coefficient (Wildman–Crippen LogP) is 4.53. The molecule has 0 aliphatic heterocycles. The summed E-state index contributed by atoms with van der Waals surface area (Å²) >= 11 is 0. The van der Waals surface area contributed by atoms with E-state index >= 15 is 0 Å². The average Bonchev–Trinajstić information content (AvgIpc) is 2.97. The molecule has 0 amide bonds. The maximum atomic E-state index is 10.5. The van der Waals surface area contributed by atoms with Crippen LogP contribution in [0.2, 0.25) is 0 Å². The minimum atomic E-state index is -0.502. The average molecular weight is 335 g/mol. The number of aliphatic hydroxyl groups excluding tert-OH is 1. The lowest BCUT2D eigenvalue weighted by atomic mass is 9.95. The fraction of sp³-hybridized carbons (Fsp3) is 0.364. The van der Waals surface area contributed by atoms with E-state index in [0.717, 1.165) is 19.4 Å². The van der Waals surface area contributed by atoms with Crippen molar-refractivity contribution in [2.75, 3.05) is 13.2 Å². The van der Waals surface area contributed by atoms with E-state index in [1.807, 2.05) is 0 Å². The first-order valence-corrected chi connectivity index (χ1v) is 9.19. The Kier molecular flexibility index (Phi) is 4.86. The van der Waals surface area contributed by atoms with Gasteiger partial charge in [0.1, 0.15) is 0 Å². The van der Waals surface area contributed by atoms with Gasteiger partial charge in [0.25, 0.3) is 0 Å². The minimum Gasteiger partial charge on any atom is -0.389 e. The summed E-state index contributed by atoms with van der Waals surface area (Å²) in [6.07, 6.45) is 7.43. The third-order valence-corrected chi connectivity index (χ3v) is 5.11. The molecule has 2 aromatic carbocycles. The zero-order chi connectivity index (χ0) is 17.1. The number of para-hydroxylation sites is 2. The minimum absolute atomic E-state index is 0.390. The molecule has 3 nitrogen and oxygen atoms in total. The highest BCUT2D eigenvalue weighted by Crippen LogP contribution is 2.28. The molecule has 3 aromatic rings. The van der Waals surface area contributed by atoms with Crippen LogP contribution < -0.4 is 0 Å². The van der Waals surface area contributed by atoms with Gasteiger partial charge in [-0.25, -0.2) is 0 Å². The summed E-state index contributed by atoms with van der Waals surface area (Å²) in [5.41, 5.74) is 2.33. The molecule has 0 saturated carbocycles. The van der Waals surface area contributed by atoms with Gasteiger partial charge in [0, 0.05) is 28.4 Å². The third-order valence-electron chi connectivity index (χ3n) is 5.11. The van der Waals surface area contributed by atoms with E-state index in [-0.39, 0.29) is 0 Å². The molecule has 1 aliphatic rings. The summed E-state index contributed by atoms with van der Waals surface area (Å²) in [6, 6.07) is 16.8. The second-order valence-electron chi connectivity index (χ2n) is 6.99. The highest BCUT2D eigenvalue weighted by Gasteiger charge is 2.15. The molecule has 0 saturated heterocycles.